The van der Waals surface area contributed by atoms with Crippen LogP contribution in [0.3, 0.4) is 0 Å². The molecule has 0 spiro atoms. The maximum absolute atomic E-state index is 12.7. The zero-order chi connectivity index (χ0) is 20.1. The van der Waals surface area contributed by atoms with Crippen molar-refractivity contribution in [1.29, 1.82) is 0 Å². The Labute approximate surface area is 169 Å². The van der Waals surface area contributed by atoms with Crippen molar-refractivity contribution in [2.75, 3.05) is 26.2 Å². The molecule has 1 fully saturated rings. The van der Waals surface area contributed by atoms with Crippen LogP contribution in [0.1, 0.15) is 23.2 Å². The van der Waals surface area contributed by atoms with Crippen molar-refractivity contribution in [1.82, 2.24) is 9.21 Å². The fourth-order valence-electron chi connectivity index (χ4n) is 3.08. The van der Waals surface area contributed by atoms with Crippen LogP contribution in [-0.4, -0.2) is 55.5 Å². The first-order valence-electron chi connectivity index (χ1n) is 8.99. The number of hydrogen-bond donors (Lipinski definition) is 0. The van der Waals surface area contributed by atoms with Crippen LogP contribution in [-0.2, 0) is 14.8 Å². The van der Waals surface area contributed by atoms with E-state index in [0.717, 1.165) is 0 Å². The van der Waals surface area contributed by atoms with Crippen molar-refractivity contribution >= 4 is 33.3 Å². The standard InChI is InChI=1S/C20H21ClN2O4S/c21-17-6-8-18(9-7-17)28(26,27)23-14-12-22(13-15-23)20(25)11-10-19(24)16-4-2-1-3-5-16/h1-9H,10-15H2. The number of carbonyl (C=O) groups is 2. The minimum absolute atomic E-state index is 0.0714. The number of sulfonamides is 1. The van der Waals surface area contributed by atoms with Crippen molar-refractivity contribution < 1.29 is 18.0 Å². The third-order valence-corrected chi connectivity index (χ3v) is 6.87. The number of amides is 1. The van der Waals surface area contributed by atoms with E-state index in [9.17, 15) is 18.0 Å². The van der Waals surface area contributed by atoms with Gasteiger partial charge in [-0.15, -0.1) is 0 Å². The Morgan fingerprint density at radius 2 is 1.46 bits per heavy atom. The van der Waals surface area contributed by atoms with Gasteiger partial charge < -0.3 is 4.90 Å². The molecule has 0 radical (unpaired) electrons. The SMILES string of the molecule is O=C(CCC(=O)N1CCN(S(=O)(=O)c2ccc(Cl)cc2)CC1)c1ccccc1. The van der Waals surface area contributed by atoms with Gasteiger partial charge in [0.15, 0.2) is 5.78 Å². The summed E-state index contributed by atoms with van der Waals surface area (Å²) in [5, 5.41) is 0.472. The number of Topliss-reactive ketones (excluding diaryl/α,β-unsaturated/α-hetero) is 1. The van der Waals surface area contributed by atoms with E-state index in [1.54, 1.807) is 29.2 Å². The summed E-state index contributed by atoms with van der Waals surface area (Å²) in [5.74, 6) is -0.203. The molecule has 0 unspecified atom stereocenters. The third kappa shape index (κ3) is 4.79. The van der Waals surface area contributed by atoms with Crippen LogP contribution < -0.4 is 0 Å². The van der Waals surface area contributed by atoms with E-state index in [4.69, 9.17) is 11.6 Å². The molecule has 2 aromatic rings. The highest BCUT2D eigenvalue weighted by atomic mass is 35.5. The van der Waals surface area contributed by atoms with Gasteiger partial charge >= 0.3 is 0 Å². The molecule has 1 aliphatic rings. The minimum atomic E-state index is -3.61. The summed E-state index contributed by atoms with van der Waals surface area (Å²) >= 11 is 5.82. The van der Waals surface area contributed by atoms with E-state index in [1.807, 2.05) is 6.07 Å². The van der Waals surface area contributed by atoms with Gasteiger partial charge in [0.1, 0.15) is 0 Å². The number of ketones is 1. The fraction of sp³-hybridized carbons (Fsp3) is 0.300. The van der Waals surface area contributed by atoms with Crippen LogP contribution in [0.5, 0.6) is 0 Å². The number of halogens is 1. The topological polar surface area (TPSA) is 74.8 Å². The zero-order valence-corrected chi connectivity index (χ0v) is 16.8. The number of carbonyl (C=O) groups excluding carboxylic acids is 2. The van der Waals surface area contributed by atoms with Gasteiger partial charge in [-0.2, -0.15) is 4.31 Å². The van der Waals surface area contributed by atoms with Crippen LogP contribution in [0.2, 0.25) is 5.02 Å². The molecule has 8 heteroatoms. The Hall–Kier alpha value is -2.22. The fourth-order valence-corrected chi connectivity index (χ4v) is 4.63. The van der Waals surface area contributed by atoms with Crippen LogP contribution in [0.25, 0.3) is 0 Å². The summed E-state index contributed by atoms with van der Waals surface area (Å²) in [6, 6.07) is 14.9. The molecular formula is C20H21ClN2O4S. The average molecular weight is 421 g/mol. The lowest BCUT2D eigenvalue weighted by Crippen LogP contribution is -2.50. The van der Waals surface area contributed by atoms with Crippen LogP contribution in [0.15, 0.2) is 59.5 Å². The number of rotatable bonds is 6. The summed E-state index contributed by atoms with van der Waals surface area (Å²) in [4.78, 5) is 26.3. The predicted octanol–water partition coefficient (Wildman–Crippen LogP) is 2.84. The predicted molar refractivity (Wildman–Crippen MR) is 107 cm³/mol. The second-order valence-corrected chi connectivity index (χ2v) is 8.90. The molecule has 1 amide bonds. The normalized spacial score (nSPS) is 15.4. The molecule has 6 nitrogen and oxygen atoms in total. The lowest BCUT2D eigenvalue weighted by Gasteiger charge is -2.34. The van der Waals surface area contributed by atoms with Gasteiger partial charge in [0.05, 0.1) is 4.90 Å². The highest BCUT2D eigenvalue weighted by molar-refractivity contribution is 7.89. The monoisotopic (exact) mass is 420 g/mol. The second kappa shape index (κ2) is 8.86. The molecule has 0 N–H and O–H groups in total. The Morgan fingerprint density at radius 3 is 2.07 bits per heavy atom. The molecule has 0 aromatic heterocycles. The first-order chi connectivity index (χ1) is 13.4. The van der Waals surface area contributed by atoms with Crippen molar-refractivity contribution in [3.05, 3.63) is 65.2 Å². The van der Waals surface area contributed by atoms with Gasteiger partial charge in [-0.3, -0.25) is 9.59 Å². The molecular weight excluding hydrogens is 400 g/mol. The molecule has 1 heterocycles. The first-order valence-corrected chi connectivity index (χ1v) is 10.8. The number of benzene rings is 2. The Balaban J connectivity index is 1.52. The Kier molecular flexibility index (Phi) is 6.49. The number of hydrogen-bond acceptors (Lipinski definition) is 4. The summed E-state index contributed by atoms with van der Waals surface area (Å²) in [5.41, 5.74) is 0.592. The lowest BCUT2D eigenvalue weighted by molar-refractivity contribution is -0.132. The smallest absolute Gasteiger partial charge is 0.243 e. The first kappa shape index (κ1) is 20.5. The molecule has 3 rings (SSSR count). The van der Waals surface area contributed by atoms with E-state index in [-0.39, 0.29) is 42.5 Å². The van der Waals surface area contributed by atoms with E-state index in [0.29, 0.717) is 23.7 Å². The maximum atomic E-state index is 12.7. The van der Waals surface area contributed by atoms with Gasteiger partial charge in [-0.1, -0.05) is 41.9 Å². The second-order valence-electron chi connectivity index (χ2n) is 6.53. The largest absolute Gasteiger partial charge is 0.340 e. The summed E-state index contributed by atoms with van der Waals surface area (Å²) in [6.07, 6.45) is 0.268. The maximum Gasteiger partial charge on any atom is 0.243 e. The molecule has 148 valence electrons. The average Bonchev–Trinajstić information content (AvgIpc) is 2.73. The van der Waals surface area contributed by atoms with E-state index >= 15 is 0 Å². The molecule has 0 aliphatic carbocycles. The Bertz CT molecular complexity index is 938. The van der Waals surface area contributed by atoms with Crippen molar-refractivity contribution in [3.8, 4) is 0 Å². The van der Waals surface area contributed by atoms with Crippen molar-refractivity contribution in [2.24, 2.45) is 0 Å². The van der Waals surface area contributed by atoms with Crippen molar-refractivity contribution in [2.45, 2.75) is 17.7 Å². The molecule has 0 bridgehead atoms. The van der Waals surface area contributed by atoms with Gasteiger partial charge in [0.2, 0.25) is 15.9 Å². The Morgan fingerprint density at radius 1 is 0.857 bits per heavy atom. The molecule has 1 aliphatic heterocycles. The molecule has 2 aromatic carbocycles. The van der Waals surface area contributed by atoms with Crippen LogP contribution in [0.4, 0.5) is 0 Å². The van der Waals surface area contributed by atoms with E-state index in [1.165, 1.54) is 28.6 Å². The number of nitrogens with zero attached hydrogens (tertiary/aromatic N) is 2. The van der Waals surface area contributed by atoms with Gasteiger partial charge in [-0.05, 0) is 24.3 Å². The van der Waals surface area contributed by atoms with Crippen LogP contribution in [0, 0.1) is 0 Å². The summed E-state index contributed by atoms with van der Waals surface area (Å²) in [6.45, 7) is 1.07. The highest BCUT2D eigenvalue weighted by Gasteiger charge is 2.30. The quantitative estimate of drug-likeness (QED) is 0.673. The van der Waals surface area contributed by atoms with E-state index in [2.05, 4.69) is 0 Å². The molecule has 0 saturated carbocycles. The van der Waals surface area contributed by atoms with Gasteiger partial charge in [-0.25, -0.2) is 8.42 Å². The molecule has 28 heavy (non-hydrogen) atoms. The third-order valence-electron chi connectivity index (χ3n) is 4.70. The zero-order valence-electron chi connectivity index (χ0n) is 15.3. The highest BCUT2D eigenvalue weighted by Crippen LogP contribution is 2.20. The summed E-state index contributed by atoms with van der Waals surface area (Å²) < 4.78 is 26.7. The number of piperazine rings is 1. The van der Waals surface area contributed by atoms with E-state index < -0.39 is 10.0 Å². The molecule has 0 atom stereocenters. The van der Waals surface area contributed by atoms with Crippen LogP contribution >= 0.6 is 11.6 Å². The molecule has 1 saturated heterocycles. The van der Waals surface area contributed by atoms with Gasteiger partial charge in [0.25, 0.3) is 0 Å². The lowest BCUT2D eigenvalue weighted by atomic mass is 10.1. The van der Waals surface area contributed by atoms with Crippen molar-refractivity contribution in [3.63, 3.8) is 0 Å². The summed E-state index contributed by atoms with van der Waals surface area (Å²) in [7, 11) is -3.61. The van der Waals surface area contributed by atoms with Gasteiger partial charge in [0, 0.05) is 49.6 Å². The minimum Gasteiger partial charge on any atom is -0.340 e.